The number of thiophene rings is 1. The van der Waals surface area contributed by atoms with Gasteiger partial charge in [0.25, 0.3) is 0 Å². The average Bonchev–Trinajstić information content (AvgIpc) is 2.91. The molecular formula is C19H36N4S. The predicted octanol–water partition coefficient (Wildman–Crippen LogP) is 3.66. The van der Waals surface area contributed by atoms with E-state index in [0.717, 1.165) is 38.4 Å². The van der Waals surface area contributed by atoms with E-state index in [4.69, 9.17) is 4.99 Å². The van der Waals surface area contributed by atoms with E-state index < -0.39 is 0 Å². The molecule has 0 aromatic carbocycles. The van der Waals surface area contributed by atoms with Gasteiger partial charge in [-0.15, -0.1) is 11.3 Å². The first kappa shape index (κ1) is 21.0. The zero-order chi connectivity index (χ0) is 17.9. The van der Waals surface area contributed by atoms with Crippen molar-refractivity contribution in [3.8, 4) is 0 Å². The van der Waals surface area contributed by atoms with Crippen molar-refractivity contribution >= 4 is 17.3 Å². The molecule has 1 aromatic heterocycles. The fourth-order valence-electron chi connectivity index (χ4n) is 2.42. The summed E-state index contributed by atoms with van der Waals surface area (Å²) in [5.74, 6) is 0.940. The summed E-state index contributed by atoms with van der Waals surface area (Å²) in [4.78, 5) is 9.92. The summed E-state index contributed by atoms with van der Waals surface area (Å²) in [5.41, 5.74) is 0. The van der Waals surface area contributed by atoms with Crippen molar-refractivity contribution in [1.29, 1.82) is 0 Å². The molecule has 1 unspecified atom stereocenters. The number of hydrogen-bond donors (Lipinski definition) is 2. The molecule has 0 spiro atoms. The SMILES string of the molecule is CCNC(=NCCCCN(C)C(C)C)NC(C)Cc1ccc(C)s1. The summed E-state index contributed by atoms with van der Waals surface area (Å²) in [6, 6.07) is 5.43. The van der Waals surface area contributed by atoms with Gasteiger partial charge in [-0.1, -0.05) is 0 Å². The second kappa shape index (κ2) is 11.5. The van der Waals surface area contributed by atoms with Crippen LogP contribution in [0.5, 0.6) is 0 Å². The molecular weight excluding hydrogens is 316 g/mol. The van der Waals surface area contributed by atoms with Gasteiger partial charge in [0.2, 0.25) is 0 Å². The number of nitrogens with zero attached hydrogens (tertiary/aromatic N) is 2. The zero-order valence-corrected chi connectivity index (χ0v) is 17.2. The van der Waals surface area contributed by atoms with Gasteiger partial charge in [-0.2, -0.15) is 0 Å². The topological polar surface area (TPSA) is 39.7 Å². The molecule has 0 fully saturated rings. The molecule has 1 rings (SSSR count). The molecule has 0 aliphatic carbocycles. The highest BCUT2D eigenvalue weighted by molar-refractivity contribution is 7.11. The maximum absolute atomic E-state index is 4.72. The lowest BCUT2D eigenvalue weighted by Gasteiger charge is -2.20. The third-order valence-corrected chi connectivity index (χ3v) is 5.12. The fraction of sp³-hybridized carbons (Fsp3) is 0.737. The van der Waals surface area contributed by atoms with Crippen LogP contribution < -0.4 is 10.6 Å². The second-order valence-electron chi connectivity index (χ2n) is 6.80. The van der Waals surface area contributed by atoms with Gasteiger partial charge < -0.3 is 15.5 Å². The van der Waals surface area contributed by atoms with Crippen LogP contribution in [0.3, 0.4) is 0 Å². The third-order valence-electron chi connectivity index (χ3n) is 4.10. The number of nitrogens with one attached hydrogen (secondary N) is 2. The van der Waals surface area contributed by atoms with Crippen LogP contribution in [0.1, 0.15) is 50.3 Å². The Balaban J connectivity index is 2.36. The van der Waals surface area contributed by atoms with Crippen LogP contribution in [0.25, 0.3) is 0 Å². The molecule has 4 nitrogen and oxygen atoms in total. The van der Waals surface area contributed by atoms with E-state index in [9.17, 15) is 0 Å². The standard InChI is InChI=1S/C19H36N4S/c1-7-20-19(21-12-8-9-13-23(6)15(2)3)22-16(4)14-18-11-10-17(5)24-18/h10-11,15-16H,7-9,12-14H2,1-6H3,(H2,20,21,22). The van der Waals surface area contributed by atoms with Crippen LogP contribution in [-0.2, 0) is 6.42 Å². The van der Waals surface area contributed by atoms with E-state index >= 15 is 0 Å². The summed E-state index contributed by atoms with van der Waals surface area (Å²) in [7, 11) is 2.19. The van der Waals surface area contributed by atoms with Crippen molar-refractivity contribution < 1.29 is 0 Å². The molecule has 1 aromatic rings. The molecule has 5 heteroatoms. The molecule has 0 aliphatic heterocycles. The Kier molecular flexibility index (Phi) is 10.0. The van der Waals surface area contributed by atoms with Gasteiger partial charge in [-0.3, -0.25) is 4.99 Å². The molecule has 24 heavy (non-hydrogen) atoms. The fourth-order valence-corrected chi connectivity index (χ4v) is 3.44. The van der Waals surface area contributed by atoms with Crippen molar-refractivity contribution in [3.63, 3.8) is 0 Å². The lowest BCUT2D eigenvalue weighted by atomic mass is 10.2. The average molecular weight is 353 g/mol. The molecule has 0 bridgehead atoms. The van der Waals surface area contributed by atoms with Gasteiger partial charge in [-0.05, 0) is 73.2 Å². The number of rotatable bonds is 10. The van der Waals surface area contributed by atoms with Crippen molar-refractivity contribution in [2.45, 2.75) is 66.0 Å². The first-order valence-corrected chi connectivity index (χ1v) is 10.0. The molecule has 0 saturated carbocycles. The Morgan fingerprint density at radius 1 is 1.25 bits per heavy atom. The maximum Gasteiger partial charge on any atom is 0.191 e. The number of aliphatic imine (C=N–C) groups is 1. The Bertz CT molecular complexity index is 481. The highest BCUT2D eigenvalue weighted by Gasteiger charge is 2.08. The smallest absolute Gasteiger partial charge is 0.191 e. The molecule has 0 radical (unpaired) electrons. The number of guanidine groups is 1. The van der Waals surface area contributed by atoms with Crippen LogP contribution in [0.2, 0.25) is 0 Å². The van der Waals surface area contributed by atoms with Crippen molar-refractivity contribution in [2.75, 3.05) is 26.7 Å². The minimum atomic E-state index is 0.382. The molecule has 1 atom stereocenters. The van der Waals surface area contributed by atoms with E-state index in [0.29, 0.717) is 12.1 Å². The maximum atomic E-state index is 4.72. The Hall–Kier alpha value is -1.07. The minimum Gasteiger partial charge on any atom is -0.357 e. The van der Waals surface area contributed by atoms with E-state index in [-0.39, 0.29) is 0 Å². The summed E-state index contributed by atoms with van der Waals surface area (Å²) in [5, 5.41) is 6.88. The quantitative estimate of drug-likeness (QED) is 0.383. The highest BCUT2D eigenvalue weighted by atomic mass is 32.1. The van der Waals surface area contributed by atoms with Crippen LogP contribution in [0.15, 0.2) is 17.1 Å². The molecule has 138 valence electrons. The van der Waals surface area contributed by atoms with E-state index in [1.807, 2.05) is 11.3 Å². The highest BCUT2D eigenvalue weighted by Crippen LogP contribution is 2.16. The van der Waals surface area contributed by atoms with Gasteiger partial charge in [0, 0.05) is 41.3 Å². The van der Waals surface area contributed by atoms with Gasteiger partial charge >= 0.3 is 0 Å². The zero-order valence-electron chi connectivity index (χ0n) is 16.4. The Morgan fingerprint density at radius 2 is 2.00 bits per heavy atom. The van der Waals surface area contributed by atoms with Gasteiger partial charge in [-0.25, -0.2) is 0 Å². The number of unbranched alkanes of at least 4 members (excludes halogenated alkanes) is 1. The van der Waals surface area contributed by atoms with Gasteiger partial charge in [0.1, 0.15) is 0 Å². The largest absolute Gasteiger partial charge is 0.357 e. The lowest BCUT2D eigenvalue weighted by Crippen LogP contribution is -2.43. The first-order chi connectivity index (χ1) is 11.4. The third kappa shape index (κ3) is 8.69. The van der Waals surface area contributed by atoms with Crippen LogP contribution in [0, 0.1) is 6.92 Å². The summed E-state index contributed by atoms with van der Waals surface area (Å²) >= 11 is 1.88. The van der Waals surface area contributed by atoms with Gasteiger partial charge in [0.15, 0.2) is 5.96 Å². The molecule has 0 saturated heterocycles. The van der Waals surface area contributed by atoms with E-state index in [1.54, 1.807) is 0 Å². The van der Waals surface area contributed by atoms with Crippen LogP contribution in [-0.4, -0.2) is 49.6 Å². The van der Waals surface area contributed by atoms with Crippen LogP contribution >= 0.6 is 11.3 Å². The summed E-state index contributed by atoms with van der Waals surface area (Å²) in [6.07, 6.45) is 3.37. The van der Waals surface area contributed by atoms with Crippen LogP contribution in [0.4, 0.5) is 0 Å². The number of hydrogen-bond acceptors (Lipinski definition) is 3. The van der Waals surface area contributed by atoms with Crippen molar-refractivity contribution in [1.82, 2.24) is 15.5 Å². The Morgan fingerprint density at radius 3 is 2.58 bits per heavy atom. The predicted molar refractivity (Wildman–Crippen MR) is 108 cm³/mol. The normalized spacial score (nSPS) is 13.6. The van der Waals surface area contributed by atoms with Crippen molar-refractivity contribution in [2.24, 2.45) is 4.99 Å². The molecule has 0 amide bonds. The Labute approximate surface area is 152 Å². The monoisotopic (exact) mass is 352 g/mol. The van der Waals surface area contributed by atoms with E-state index in [2.05, 4.69) is 69.3 Å². The molecule has 2 N–H and O–H groups in total. The number of aryl methyl sites for hydroxylation is 1. The summed E-state index contributed by atoms with van der Waals surface area (Å²) in [6.45, 7) is 13.9. The second-order valence-corrected chi connectivity index (χ2v) is 8.18. The molecule has 1 heterocycles. The first-order valence-electron chi connectivity index (χ1n) is 9.22. The van der Waals surface area contributed by atoms with E-state index in [1.165, 1.54) is 16.2 Å². The molecule has 0 aliphatic rings. The lowest BCUT2D eigenvalue weighted by molar-refractivity contribution is 0.269. The van der Waals surface area contributed by atoms with Crippen molar-refractivity contribution in [3.05, 3.63) is 21.9 Å². The minimum absolute atomic E-state index is 0.382. The summed E-state index contributed by atoms with van der Waals surface area (Å²) < 4.78 is 0. The van der Waals surface area contributed by atoms with Gasteiger partial charge in [0.05, 0.1) is 0 Å².